The van der Waals surface area contributed by atoms with Gasteiger partial charge in [0.1, 0.15) is 6.29 Å². The van der Waals surface area contributed by atoms with E-state index in [-0.39, 0.29) is 31.1 Å². The van der Waals surface area contributed by atoms with Crippen LogP contribution < -0.4 is 10.6 Å². The van der Waals surface area contributed by atoms with Gasteiger partial charge in [-0.2, -0.15) is 0 Å². The number of hydrogen-bond donors (Lipinski definition) is 3. The Kier molecular flexibility index (Phi) is 25.1. The fourth-order valence-corrected chi connectivity index (χ4v) is 3.47. The molecule has 9 nitrogen and oxygen atoms in total. The molecule has 0 unspecified atom stereocenters. The molecule has 0 aliphatic heterocycles. The van der Waals surface area contributed by atoms with Crippen LogP contribution in [0.2, 0.25) is 0 Å². The third kappa shape index (κ3) is 28.1. The number of aldehydes is 1. The summed E-state index contributed by atoms with van der Waals surface area (Å²) >= 11 is 0. The summed E-state index contributed by atoms with van der Waals surface area (Å²) in [7, 11) is 0. The fourth-order valence-electron chi connectivity index (χ4n) is 3.47. The maximum absolute atomic E-state index is 11.8. The van der Waals surface area contributed by atoms with Crippen LogP contribution in [0.3, 0.4) is 0 Å². The zero-order valence-electron chi connectivity index (χ0n) is 21.5. The standard InChI is InChI=1S/C26H48N2O7/c29-19-11-15-25(31)28-18-13-21-35-23-22-34-20-12-17-27-24(30)14-9-7-5-3-1-2-4-6-8-10-16-26(32)33/h19H,1-18,20-23H2,(H,27,30)(H,28,31)(H,32,33). The van der Waals surface area contributed by atoms with Crippen LogP contribution in [-0.2, 0) is 28.7 Å². The molecule has 0 aliphatic rings. The Balaban J connectivity index is 3.21. The Bertz CT molecular complexity index is 544. The number of carboxylic acids is 1. The van der Waals surface area contributed by atoms with Crippen molar-refractivity contribution in [2.75, 3.05) is 39.5 Å². The van der Waals surface area contributed by atoms with Crippen LogP contribution in [0.5, 0.6) is 0 Å². The van der Waals surface area contributed by atoms with Crippen molar-refractivity contribution in [1.29, 1.82) is 0 Å². The van der Waals surface area contributed by atoms with Gasteiger partial charge in [-0.15, -0.1) is 0 Å². The second-order valence-electron chi connectivity index (χ2n) is 8.77. The van der Waals surface area contributed by atoms with Gasteiger partial charge in [0.05, 0.1) is 13.2 Å². The molecule has 0 bridgehead atoms. The number of carbonyl (C=O) groups is 4. The van der Waals surface area contributed by atoms with Crippen molar-refractivity contribution in [3.63, 3.8) is 0 Å². The molecule has 9 heteroatoms. The molecule has 0 fully saturated rings. The van der Waals surface area contributed by atoms with Crippen molar-refractivity contribution in [3.05, 3.63) is 0 Å². The van der Waals surface area contributed by atoms with Gasteiger partial charge in [-0.1, -0.05) is 51.4 Å². The van der Waals surface area contributed by atoms with Gasteiger partial charge in [0.25, 0.3) is 0 Å². The Labute approximate surface area is 211 Å². The van der Waals surface area contributed by atoms with Crippen LogP contribution in [0.25, 0.3) is 0 Å². The molecule has 0 atom stereocenters. The minimum Gasteiger partial charge on any atom is -0.481 e. The van der Waals surface area contributed by atoms with Crippen LogP contribution in [0, 0.1) is 0 Å². The number of carbonyl (C=O) groups excluding carboxylic acids is 3. The molecule has 0 aromatic heterocycles. The number of rotatable bonds is 27. The number of aliphatic carboxylic acids is 1. The quantitative estimate of drug-likeness (QED) is 0.116. The topological polar surface area (TPSA) is 131 Å². The summed E-state index contributed by atoms with van der Waals surface area (Å²) in [6.45, 7) is 3.29. The van der Waals surface area contributed by atoms with Crippen LogP contribution >= 0.6 is 0 Å². The van der Waals surface area contributed by atoms with Gasteiger partial charge in [-0.25, -0.2) is 0 Å². The molecular formula is C26H48N2O7. The minimum absolute atomic E-state index is 0.105. The largest absolute Gasteiger partial charge is 0.481 e. The van der Waals surface area contributed by atoms with E-state index in [9.17, 15) is 19.2 Å². The maximum atomic E-state index is 11.8. The highest BCUT2D eigenvalue weighted by molar-refractivity contribution is 5.78. The summed E-state index contributed by atoms with van der Waals surface area (Å²) in [5.74, 6) is -0.709. The summed E-state index contributed by atoms with van der Waals surface area (Å²) in [4.78, 5) is 43.7. The van der Waals surface area contributed by atoms with Crippen molar-refractivity contribution < 1.29 is 33.8 Å². The van der Waals surface area contributed by atoms with E-state index >= 15 is 0 Å². The predicted octanol–water partition coefficient (Wildman–Crippen LogP) is 3.78. The van der Waals surface area contributed by atoms with E-state index < -0.39 is 5.97 Å². The molecule has 0 heterocycles. The number of ether oxygens (including phenoxy) is 2. The second-order valence-corrected chi connectivity index (χ2v) is 8.77. The van der Waals surface area contributed by atoms with E-state index in [0.29, 0.717) is 45.9 Å². The van der Waals surface area contributed by atoms with Crippen LogP contribution in [0.4, 0.5) is 0 Å². The highest BCUT2D eigenvalue weighted by Crippen LogP contribution is 2.12. The van der Waals surface area contributed by atoms with Gasteiger partial charge < -0.3 is 30.0 Å². The van der Waals surface area contributed by atoms with Crippen molar-refractivity contribution >= 4 is 24.1 Å². The van der Waals surface area contributed by atoms with Gasteiger partial charge in [0.2, 0.25) is 11.8 Å². The molecule has 0 aromatic carbocycles. The molecule has 2 amide bonds. The van der Waals surface area contributed by atoms with E-state index in [2.05, 4.69) is 10.6 Å². The predicted molar refractivity (Wildman–Crippen MR) is 135 cm³/mol. The maximum Gasteiger partial charge on any atom is 0.303 e. The molecule has 0 spiro atoms. The van der Waals surface area contributed by atoms with Crippen LogP contribution in [-0.4, -0.2) is 68.7 Å². The van der Waals surface area contributed by atoms with Gasteiger partial charge in [-0.05, 0) is 25.7 Å². The van der Waals surface area contributed by atoms with E-state index in [1.807, 2.05) is 0 Å². The molecule has 0 saturated carbocycles. The third-order valence-electron chi connectivity index (χ3n) is 5.48. The lowest BCUT2D eigenvalue weighted by Gasteiger charge is -2.08. The summed E-state index contributed by atoms with van der Waals surface area (Å²) in [6, 6.07) is 0. The zero-order chi connectivity index (χ0) is 25.8. The lowest BCUT2D eigenvalue weighted by molar-refractivity contribution is -0.137. The van der Waals surface area contributed by atoms with Crippen LogP contribution in [0.15, 0.2) is 0 Å². The Hall–Kier alpha value is -2.00. The van der Waals surface area contributed by atoms with Crippen molar-refractivity contribution in [1.82, 2.24) is 10.6 Å². The molecule has 3 N–H and O–H groups in total. The van der Waals surface area contributed by atoms with E-state index in [4.69, 9.17) is 14.6 Å². The molecule has 0 rings (SSSR count). The van der Waals surface area contributed by atoms with Gasteiger partial charge in [-0.3, -0.25) is 14.4 Å². The minimum atomic E-state index is -0.701. The lowest BCUT2D eigenvalue weighted by Crippen LogP contribution is -2.25. The van der Waals surface area contributed by atoms with Crippen molar-refractivity contribution in [2.24, 2.45) is 0 Å². The Morgan fingerprint density at radius 2 is 1.00 bits per heavy atom. The number of nitrogens with one attached hydrogen (secondary N) is 2. The first-order valence-corrected chi connectivity index (χ1v) is 13.4. The van der Waals surface area contributed by atoms with Crippen molar-refractivity contribution in [2.45, 2.75) is 103 Å². The normalized spacial score (nSPS) is 10.7. The monoisotopic (exact) mass is 500 g/mol. The molecule has 35 heavy (non-hydrogen) atoms. The van der Waals surface area contributed by atoms with Gasteiger partial charge >= 0.3 is 5.97 Å². The Morgan fingerprint density at radius 1 is 0.571 bits per heavy atom. The molecule has 0 radical (unpaired) electrons. The average molecular weight is 501 g/mol. The van der Waals surface area contributed by atoms with E-state index in [1.165, 1.54) is 25.7 Å². The van der Waals surface area contributed by atoms with Crippen LogP contribution in [0.1, 0.15) is 103 Å². The van der Waals surface area contributed by atoms with E-state index in [1.54, 1.807) is 0 Å². The highest BCUT2D eigenvalue weighted by atomic mass is 16.5. The third-order valence-corrected chi connectivity index (χ3v) is 5.48. The average Bonchev–Trinajstić information content (AvgIpc) is 2.83. The number of carboxylic acid groups (broad SMARTS) is 1. The first-order chi connectivity index (χ1) is 17.1. The number of hydrogen-bond acceptors (Lipinski definition) is 6. The summed E-state index contributed by atoms with van der Waals surface area (Å²) < 4.78 is 10.9. The smallest absolute Gasteiger partial charge is 0.303 e. The fraction of sp³-hybridized carbons (Fsp3) is 0.846. The first kappa shape index (κ1) is 33.0. The molecule has 204 valence electrons. The highest BCUT2D eigenvalue weighted by Gasteiger charge is 2.02. The number of unbranched alkanes of at least 4 members (excludes halogenated alkanes) is 9. The van der Waals surface area contributed by atoms with Crippen molar-refractivity contribution in [3.8, 4) is 0 Å². The van der Waals surface area contributed by atoms with Gasteiger partial charge in [0.15, 0.2) is 0 Å². The molecule has 0 aromatic rings. The first-order valence-electron chi connectivity index (χ1n) is 13.4. The number of amides is 2. The van der Waals surface area contributed by atoms with E-state index in [0.717, 1.165) is 57.7 Å². The summed E-state index contributed by atoms with van der Waals surface area (Å²) in [6.07, 6.45) is 14.5. The molecular weight excluding hydrogens is 452 g/mol. The SMILES string of the molecule is O=CCCC(=O)NCCCOCCOCCCNC(=O)CCCCCCCCCCCCC(=O)O. The second kappa shape index (κ2) is 26.6. The Morgan fingerprint density at radius 3 is 1.46 bits per heavy atom. The zero-order valence-corrected chi connectivity index (χ0v) is 21.5. The summed E-state index contributed by atoms with van der Waals surface area (Å²) in [5, 5.41) is 14.2. The molecule has 0 saturated heterocycles. The summed E-state index contributed by atoms with van der Waals surface area (Å²) in [5.41, 5.74) is 0. The molecule has 0 aliphatic carbocycles. The lowest BCUT2D eigenvalue weighted by atomic mass is 10.1. The van der Waals surface area contributed by atoms with Gasteiger partial charge in [0, 0.05) is 52.0 Å².